The van der Waals surface area contributed by atoms with Gasteiger partial charge in [-0.15, -0.1) is 0 Å². The number of nitrogens with one attached hydrogen (secondary N) is 1. The number of hydrogen-bond donors (Lipinski definition) is 1. The molecule has 1 aromatic rings. The molecule has 3 rings (SSSR count). The van der Waals surface area contributed by atoms with Crippen LogP contribution in [-0.4, -0.2) is 43.2 Å². The van der Waals surface area contributed by atoms with E-state index in [4.69, 9.17) is 11.6 Å². The molecule has 2 aliphatic rings. The Hall–Kier alpha value is -1.42. The smallest absolute Gasteiger partial charge is 0.317 e. The fourth-order valence-electron chi connectivity index (χ4n) is 3.53. The second kappa shape index (κ2) is 7.91. The second-order valence-corrected chi connectivity index (χ2v) is 7.03. The molecule has 0 radical (unpaired) electrons. The molecule has 1 saturated carbocycles. The molecular formula is C18H26ClN3O. The van der Waals surface area contributed by atoms with Gasteiger partial charge in [-0.25, -0.2) is 4.79 Å². The average Bonchev–Trinajstić information content (AvgIpc) is 2.84. The van der Waals surface area contributed by atoms with Crippen molar-refractivity contribution in [3.8, 4) is 0 Å². The van der Waals surface area contributed by atoms with Crippen LogP contribution in [0.3, 0.4) is 0 Å². The minimum Gasteiger partial charge on any atom is -0.368 e. The van der Waals surface area contributed by atoms with Gasteiger partial charge in [-0.05, 0) is 31.0 Å². The highest BCUT2D eigenvalue weighted by Crippen LogP contribution is 2.21. The van der Waals surface area contributed by atoms with Gasteiger partial charge in [-0.2, -0.15) is 0 Å². The van der Waals surface area contributed by atoms with E-state index in [1.807, 2.05) is 23.1 Å². The van der Waals surface area contributed by atoms with Crippen molar-refractivity contribution in [1.82, 2.24) is 10.2 Å². The average molecular weight is 336 g/mol. The molecule has 126 valence electrons. The Bertz CT molecular complexity index is 521. The summed E-state index contributed by atoms with van der Waals surface area (Å²) in [5.74, 6) is 0. The Morgan fingerprint density at radius 3 is 2.39 bits per heavy atom. The predicted molar refractivity (Wildman–Crippen MR) is 95.3 cm³/mol. The number of hydrogen-bond acceptors (Lipinski definition) is 2. The molecule has 0 bridgehead atoms. The number of piperazine rings is 1. The highest BCUT2D eigenvalue weighted by atomic mass is 35.5. The quantitative estimate of drug-likeness (QED) is 0.832. The molecule has 2 fully saturated rings. The monoisotopic (exact) mass is 335 g/mol. The van der Waals surface area contributed by atoms with E-state index in [0.29, 0.717) is 6.04 Å². The summed E-state index contributed by atoms with van der Waals surface area (Å²) < 4.78 is 0. The maximum Gasteiger partial charge on any atom is 0.317 e. The number of halogens is 1. The van der Waals surface area contributed by atoms with E-state index in [-0.39, 0.29) is 6.03 Å². The standard InChI is InChI=1S/C18H26ClN3O/c19-15-6-5-9-17(14-15)21-10-12-22(13-11-21)18(23)20-16-7-3-1-2-4-8-16/h5-6,9,14,16H,1-4,7-8,10-13H2,(H,20,23). The van der Waals surface area contributed by atoms with Crippen LogP contribution in [0.1, 0.15) is 38.5 Å². The normalized spacial score (nSPS) is 20.2. The zero-order valence-corrected chi connectivity index (χ0v) is 14.4. The van der Waals surface area contributed by atoms with E-state index in [1.165, 1.54) is 25.7 Å². The molecular weight excluding hydrogens is 310 g/mol. The molecule has 1 saturated heterocycles. The first-order chi connectivity index (χ1) is 11.2. The van der Waals surface area contributed by atoms with Crippen LogP contribution < -0.4 is 10.2 Å². The highest BCUT2D eigenvalue weighted by Gasteiger charge is 2.23. The summed E-state index contributed by atoms with van der Waals surface area (Å²) in [6.07, 6.45) is 7.37. The zero-order valence-electron chi connectivity index (χ0n) is 13.6. The van der Waals surface area contributed by atoms with Crippen molar-refractivity contribution in [2.24, 2.45) is 0 Å². The number of nitrogens with zero attached hydrogens (tertiary/aromatic N) is 2. The minimum absolute atomic E-state index is 0.114. The van der Waals surface area contributed by atoms with E-state index in [9.17, 15) is 4.79 Å². The Labute approximate surface area is 143 Å². The summed E-state index contributed by atoms with van der Waals surface area (Å²) >= 11 is 6.06. The van der Waals surface area contributed by atoms with Crippen molar-refractivity contribution in [2.75, 3.05) is 31.1 Å². The maximum atomic E-state index is 12.5. The van der Waals surface area contributed by atoms with E-state index in [1.54, 1.807) is 0 Å². The molecule has 1 heterocycles. The number of amides is 2. The minimum atomic E-state index is 0.114. The molecule has 5 heteroatoms. The lowest BCUT2D eigenvalue weighted by atomic mass is 10.1. The number of urea groups is 1. The first kappa shape index (κ1) is 16.4. The maximum absolute atomic E-state index is 12.5. The Balaban J connectivity index is 1.49. The third-order valence-corrected chi connectivity index (χ3v) is 5.16. The SMILES string of the molecule is O=C(NC1CCCCCC1)N1CCN(c2cccc(Cl)c2)CC1. The van der Waals surface area contributed by atoms with Crippen molar-refractivity contribution < 1.29 is 4.79 Å². The lowest BCUT2D eigenvalue weighted by Crippen LogP contribution is -2.53. The molecule has 0 spiro atoms. The van der Waals surface area contributed by atoms with Gasteiger partial charge in [0, 0.05) is 42.9 Å². The van der Waals surface area contributed by atoms with Crippen molar-refractivity contribution in [2.45, 2.75) is 44.6 Å². The third kappa shape index (κ3) is 4.54. The topological polar surface area (TPSA) is 35.6 Å². The summed E-state index contributed by atoms with van der Waals surface area (Å²) in [7, 11) is 0. The molecule has 1 aromatic carbocycles. The molecule has 0 aromatic heterocycles. The van der Waals surface area contributed by atoms with Crippen LogP contribution in [-0.2, 0) is 0 Å². The number of carbonyl (C=O) groups excluding carboxylic acids is 1. The van der Waals surface area contributed by atoms with Crippen molar-refractivity contribution >= 4 is 23.3 Å². The zero-order chi connectivity index (χ0) is 16.1. The van der Waals surface area contributed by atoms with E-state index in [0.717, 1.165) is 49.7 Å². The van der Waals surface area contributed by atoms with Gasteiger partial charge < -0.3 is 15.1 Å². The lowest BCUT2D eigenvalue weighted by Gasteiger charge is -2.36. The Morgan fingerprint density at radius 2 is 1.74 bits per heavy atom. The molecule has 1 aliphatic heterocycles. The molecule has 1 aliphatic carbocycles. The van der Waals surface area contributed by atoms with Crippen LogP contribution in [0.25, 0.3) is 0 Å². The lowest BCUT2D eigenvalue weighted by molar-refractivity contribution is 0.189. The van der Waals surface area contributed by atoms with Gasteiger partial charge >= 0.3 is 6.03 Å². The summed E-state index contributed by atoms with van der Waals surface area (Å²) in [6, 6.07) is 8.42. The highest BCUT2D eigenvalue weighted by molar-refractivity contribution is 6.30. The predicted octanol–water partition coefficient (Wildman–Crippen LogP) is 3.89. The molecule has 2 amide bonds. The number of rotatable bonds is 2. The van der Waals surface area contributed by atoms with Crippen LogP contribution in [0.5, 0.6) is 0 Å². The van der Waals surface area contributed by atoms with Crippen molar-refractivity contribution in [3.63, 3.8) is 0 Å². The Morgan fingerprint density at radius 1 is 1.04 bits per heavy atom. The van der Waals surface area contributed by atoms with Crippen molar-refractivity contribution in [1.29, 1.82) is 0 Å². The van der Waals surface area contributed by atoms with E-state index >= 15 is 0 Å². The molecule has 4 nitrogen and oxygen atoms in total. The largest absolute Gasteiger partial charge is 0.368 e. The van der Waals surface area contributed by atoms with Gasteiger partial charge in [0.2, 0.25) is 0 Å². The number of carbonyl (C=O) groups is 1. The molecule has 0 atom stereocenters. The summed E-state index contributed by atoms with van der Waals surface area (Å²) in [5, 5.41) is 4.00. The van der Waals surface area contributed by atoms with Crippen LogP contribution in [0.15, 0.2) is 24.3 Å². The van der Waals surface area contributed by atoms with Gasteiger partial charge in [0.1, 0.15) is 0 Å². The number of anilines is 1. The molecule has 1 N–H and O–H groups in total. The van der Waals surface area contributed by atoms with Gasteiger partial charge in [-0.1, -0.05) is 43.4 Å². The van der Waals surface area contributed by atoms with E-state index < -0.39 is 0 Å². The fourth-order valence-corrected chi connectivity index (χ4v) is 3.71. The van der Waals surface area contributed by atoms with Gasteiger partial charge in [0.25, 0.3) is 0 Å². The van der Waals surface area contributed by atoms with Gasteiger partial charge in [0.05, 0.1) is 0 Å². The molecule has 0 unspecified atom stereocenters. The Kier molecular flexibility index (Phi) is 5.65. The van der Waals surface area contributed by atoms with Crippen LogP contribution in [0.4, 0.5) is 10.5 Å². The summed E-state index contributed by atoms with van der Waals surface area (Å²) in [4.78, 5) is 16.7. The van der Waals surface area contributed by atoms with Gasteiger partial charge in [-0.3, -0.25) is 0 Å². The molecule has 23 heavy (non-hydrogen) atoms. The van der Waals surface area contributed by atoms with Crippen molar-refractivity contribution in [3.05, 3.63) is 29.3 Å². The number of benzene rings is 1. The second-order valence-electron chi connectivity index (χ2n) is 6.59. The third-order valence-electron chi connectivity index (χ3n) is 4.92. The van der Waals surface area contributed by atoms with Gasteiger partial charge in [0.15, 0.2) is 0 Å². The van der Waals surface area contributed by atoms with E-state index in [2.05, 4.69) is 16.3 Å². The summed E-state index contributed by atoms with van der Waals surface area (Å²) in [6.45, 7) is 3.26. The van der Waals surface area contributed by atoms with Crippen LogP contribution in [0, 0.1) is 0 Å². The summed E-state index contributed by atoms with van der Waals surface area (Å²) in [5.41, 5.74) is 1.14. The first-order valence-corrected chi connectivity index (χ1v) is 9.16. The van der Waals surface area contributed by atoms with Crippen LogP contribution in [0.2, 0.25) is 5.02 Å². The van der Waals surface area contributed by atoms with Crippen LogP contribution >= 0.6 is 11.6 Å². The first-order valence-electron chi connectivity index (χ1n) is 8.78. The fraction of sp³-hybridized carbons (Fsp3) is 0.611.